The molecule has 122 valence electrons. The summed E-state index contributed by atoms with van der Waals surface area (Å²) in [5.41, 5.74) is 1.66. The van der Waals surface area contributed by atoms with Gasteiger partial charge in [-0.1, -0.05) is 6.07 Å². The molecule has 1 saturated heterocycles. The Bertz CT molecular complexity index is 759. The molecule has 2 aromatic rings. The van der Waals surface area contributed by atoms with Crippen molar-refractivity contribution in [3.63, 3.8) is 0 Å². The topological polar surface area (TPSA) is 85.1 Å². The molecule has 7 nitrogen and oxygen atoms in total. The van der Waals surface area contributed by atoms with Crippen LogP contribution in [0.3, 0.4) is 0 Å². The van der Waals surface area contributed by atoms with E-state index in [1.807, 2.05) is 13.1 Å². The van der Waals surface area contributed by atoms with Gasteiger partial charge in [0.25, 0.3) is 5.91 Å². The van der Waals surface area contributed by atoms with Gasteiger partial charge >= 0.3 is 0 Å². The van der Waals surface area contributed by atoms with Crippen molar-refractivity contribution >= 4 is 17.4 Å². The first-order chi connectivity index (χ1) is 11.7. The van der Waals surface area contributed by atoms with E-state index in [4.69, 9.17) is 5.26 Å². The van der Waals surface area contributed by atoms with Gasteiger partial charge in [-0.15, -0.1) is 0 Å². The zero-order chi connectivity index (χ0) is 16.9. The summed E-state index contributed by atoms with van der Waals surface area (Å²) in [5.74, 6) is 0.439. The van der Waals surface area contributed by atoms with Crippen LogP contribution in [-0.4, -0.2) is 58.9 Å². The maximum absolute atomic E-state index is 12.4. The Morgan fingerprint density at radius 1 is 1.21 bits per heavy atom. The lowest BCUT2D eigenvalue weighted by molar-refractivity contribution is 0.0658. The summed E-state index contributed by atoms with van der Waals surface area (Å²) >= 11 is 0. The van der Waals surface area contributed by atoms with Crippen LogP contribution in [0.25, 0.3) is 0 Å². The molecule has 1 aliphatic rings. The first-order valence-corrected chi connectivity index (χ1v) is 7.73. The minimum Gasteiger partial charge on any atom is -0.339 e. The number of amides is 1. The third-order valence-electron chi connectivity index (χ3n) is 3.93. The molecule has 0 spiro atoms. The van der Waals surface area contributed by atoms with Gasteiger partial charge in [0.2, 0.25) is 0 Å². The number of likely N-dealkylation sites (N-methyl/N-ethyl adjacent to an activating group) is 1. The lowest BCUT2D eigenvalue weighted by Crippen LogP contribution is -2.47. The van der Waals surface area contributed by atoms with Crippen LogP contribution in [0.1, 0.15) is 16.1 Å². The molecule has 0 bridgehead atoms. The second kappa shape index (κ2) is 7.06. The third kappa shape index (κ3) is 3.67. The maximum atomic E-state index is 12.4. The van der Waals surface area contributed by atoms with Crippen molar-refractivity contribution in [1.82, 2.24) is 19.8 Å². The first-order valence-electron chi connectivity index (χ1n) is 7.73. The molecule has 3 rings (SSSR count). The Morgan fingerprint density at radius 3 is 2.67 bits per heavy atom. The van der Waals surface area contributed by atoms with Gasteiger partial charge in [-0.25, -0.2) is 9.97 Å². The van der Waals surface area contributed by atoms with Crippen molar-refractivity contribution in [3.8, 4) is 6.07 Å². The highest BCUT2D eigenvalue weighted by molar-refractivity contribution is 5.92. The fourth-order valence-electron chi connectivity index (χ4n) is 2.49. The molecule has 1 aromatic carbocycles. The van der Waals surface area contributed by atoms with Gasteiger partial charge in [-0.2, -0.15) is 5.26 Å². The summed E-state index contributed by atoms with van der Waals surface area (Å²) in [6.45, 7) is 3.15. The Balaban J connectivity index is 1.67. The standard InChI is InChI=1S/C17H18N6O/c1-22-5-7-23(8-6-22)17(24)15-11-20-16(12-19-15)21-14-4-2-3-13(9-14)10-18/h2-4,9,11-12H,5-8H2,1H3,(H,20,21). The van der Waals surface area contributed by atoms with E-state index in [0.29, 0.717) is 30.2 Å². The van der Waals surface area contributed by atoms with Gasteiger partial charge in [0.05, 0.1) is 24.0 Å². The van der Waals surface area contributed by atoms with Gasteiger partial charge in [0.1, 0.15) is 11.5 Å². The number of carbonyl (C=O) groups is 1. The second-order valence-corrected chi connectivity index (χ2v) is 5.70. The van der Waals surface area contributed by atoms with Crippen LogP contribution >= 0.6 is 0 Å². The van der Waals surface area contributed by atoms with E-state index in [1.165, 1.54) is 12.4 Å². The fourth-order valence-corrected chi connectivity index (χ4v) is 2.49. The largest absolute Gasteiger partial charge is 0.339 e. The normalized spacial score (nSPS) is 14.9. The van der Waals surface area contributed by atoms with Gasteiger partial charge in [-0.3, -0.25) is 4.79 Å². The predicted molar refractivity (Wildman–Crippen MR) is 89.9 cm³/mol. The van der Waals surface area contributed by atoms with Crippen molar-refractivity contribution in [3.05, 3.63) is 47.9 Å². The second-order valence-electron chi connectivity index (χ2n) is 5.70. The van der Waals surface area contributed by atoms with Crippen LogP contribution in [0.15, 0.2) is 36.7 Å². The highest BCUT2D eigenvalue weighted by Gasteiger charge is 2.21. The van der Waals surface area contributed by atoms with Crippen molar-refractivity contribution in [2.45, 2.75) is 0 Å². The average Bonchev–Trinajstić information content (AvgIpc) is 2.62. The van der Waals surface area contributed by atoms with E-state index in [1.54, 1.807) is 23.1 Å². The summed E-state index contributed by atoms with van der Waals surface area (Å²) in [5, 5.41) is 12.0. The first kappa shape index (κ1) is 15.9. The van der Waals surface area contributed by atoms with Crippen LogP contribution in [0, 0.1) is 11.3 Å². The smallest absolute Gasteiger partial charge is 0.274 e. The molecule has 0 radical (unpaired) electrons. The molecule has 24 heavy (non-hydrogen) atoms. The van der Waals surface area contributed by atoms with Crippen LogP contribution in [0.4, 0.5) is 11.5 Å². The Morgan fingerprint density at radius 2 is 2.00 bits per heavy atom. The maximum Gasteiger partial charge on any atom is 0.274 e. The average molecular weight is 322 g/mol. The zero-order valence-electron chi connectivity index (χ0n) is 13.4. The van der Waals surface area contributed by atoms with Gasteiger partial charge in [0.15, 0.2) is 0 Å². The number of benzene rings is 1. The van der Waals surface area contributed by atoms with Crippen LogP contribution in [-0.2, 0) is 0 Å². The molecule has 0 saturated carbocycles. The number of hydrogen-bond acceptors (Lipinski definition) is 6. The number of rotatable bonds is 3. The van der Waals surface area contributed by atoms with E-state index < -0.39 is 0 Å². The molecule has 0 atom stereocenters. The minimum atomic E-state index is -0.0892. The fraction of sp³-hybridized carbons (Fsp3) is 0.294. The quantitative estimate of drug-likeness (QED) is 0.921. The molecule has 1 aliphatic heterocycles. The lowest BCUT2D eigenvalue weighted by atomic mass is 10.2. The molecule has 1 aromatic heterocycles. The minimum absolute atomic E-state index is 0.0892. The number of carbonyl (C=O) groups excluding carboxylic acids is 1. The predicted octanol–water partition coefficient (Wildman–Crippen LogP) is 1.48. The van der Waals surface area contributed by atoms with Gasteiger partial charge < -0.3 is 15.1 Å². The van der Waals surface area contributed by atoms with Crippen LogP contribution < -0.4 is 5.32 Å². The number of aromatic nitrogens is 2. The van der Waals surface area contributed by atoms with Crippen molar-refractivity contribution in [1.29, 1.82) is 5.26 Å². The molecule has 1 fully saturated rings. The zero-order valence-corrected chi connectivity index (χ0v) is 13.4. The van der Waals surface area contributed by atoms with Crippen LogP contribution in [0.2, 0.25) is 0 Å². The highest BCUT2D eigenvalue weighted by atomic mass is 16.2. The van der Waals surface area contributed by atoms with Crippen molar-refractivity contribution < 1.29 is 4.79 Å². The molecule has 7 heteroatoms. The highest BCUT2D eigenvalue weighted by Crippen LogP contribution is 2.15. The molecule has 1 N–H and O–H groups in total. The lowest BCUT2D eigenvalue weighted by Gasteiger charge is -2.32. The van der Waals surface area contributed by atoms with Gasteiger partial charge in [-0.05, 0) is 25.2 Å². The van der Waals surface area contributed by atoms with E-state index in [-0.39, 0.29) is 5.91 Å². The van der Waals surface area contributed by atoms with E-state index >= 15 is 0 Å². The molecule has 1 amide bonds. The summed E-state index contributed by atoms with van der Waals surface area (Å²) in [6, 6.07) is 9.18. The number of hydrogen-bond donors (Lipinski definition) is 1. The summed E-state index contributed by atoms with van der Waals surface area (Å²) in [4.78, 5) is 24.9. The molecular formula is C17H18N6O. The van der Waals surface area contributed by atoms with E-state index in [2.05, 4.69) is 26.3 Å². The monoisotopic (exact) mass is 322 g/mol. The van der Waals surface area contributed by atoms with Crippen molar-refractivity contribution in [2.75, 3.05) is 38.5 Å². The Labute approximate surface area is 140 Å². The number of nitrogens with one attached hydrogen (secondary N) is 1. The van der Waals surface area contributed by atoms with E-state index in [9.17, 15) is 4.79 Å². The summed E-state index contributed by atoms with van der Waals surface area (Å²) in [7, 11) is 2.05. The molecule has 2 heterocycles. The number of nitrogens with zero attached hydrogens (tertiary/aromatic N) is 5. The Hall–Kier alpha value is -2.98. The molecule has 0 aliphatic carbocycles. The third-order valence-corrected chi connectivity index (χ3v) is 3.93. The summed E-state index contributed by atoms with van der Waals surface area (Å²) in [6.07, 6.45) is 3.01. The number of piperazine rings is 1. The Kier molecular flexibility index (Phi) is 4.68. The van der Waals surface area contributed by atoms with E-state index in [0.717, 1.165) is 18.8 Å². The van der Waals surface area contributed by atoms with Crippen LogP contribution in [0.5, 0.6) is 0 Å². The SMILES string of the molecule is CN1CCN(C(=O)c2cnc(Nc3cccc(C#N)c3)cn2)CC1. The molecular weight excluding hydrogens is 304 g/mol. The number of nitriles is 1. The molecule has 0 unspecified atom stereocenters. The number of anilines is 2. The van der Waals surface area contributed by atoms with Gasteiger partial charge in [0, 0.05) is 31.9 Å². The summed E-state index contributed by atoms with van der Waals surface area (Å²) < 4.78 is 0. The van der Waals surface area contributed by atoms with Crippen molar-refractivity contribution in [2.24, 2.45) is 0 Å².